The Morgan fingerprint density at radius 2 is 1.29 bits per heavy atom. The number of hydrogen-bond acceptors (Lipinski definition) is 10. The fourth-order valence-electron chi connectivity index (χ4n) is 9.04. The van der Waals surface area contributed by atoms with Crippen molar-refractivity contribution < 1.29 is 68.7 Å². The van der Waals surface area contributed by atoms with Gasteiger partial charge in [-0.05, 0) is 44.9 Å². The molecule has 2 heterocycles. The highest BCUT2D eigenvalue weighted by molar-refractivity contribution is 7.87. The van der Waals surface area contributed by atoms with Gasteiger partial charge in [-0.1, -0.05) is 0 Å². The molecule has 232 valence electrons. The van der Waals surface area contributed by atoms with E-state index in [1.54, 1.807) is 0 Å². The van der Waals surface area contributed by atoms with E-state index in [0.29, 0.717) is 25.7 Å². The molecule has 0 radical (unpaired) electrons. The lowest BCUT2D eigenvalue weighted by molar-refractivity contribution is -0.221. The average Bonchev–Trinajstić information content (AvgIpc) is 3.72. The maximum atomic E-state index is 15.4. The van der Waals surface area contributed by atoms with E-state index in [1.165, 1.54) is 0 Å². The van der Waals surface area contributed by atoms with Crippen molar-refractivity contribution in [3.63, 3.8) is 0 Å². The molecular formula is C26H28F4O11S. The highest BCUT2D eigenvalue weighted by atomic mass is 32.2. The molecule has 13 atom stereocenters. The van der Waals surface area contributed by atoms with Crippen LogP contribution in [-0.2, 0) is 48.2 Å². The second kappa shape index (κ2) is 9.02. The number of carbonyl (C=O) groups excluding carboxylic acids is 4. The summed E-state index contributed by atoms with van der Waals surface area (Å²) < 4.78 is 113. The van der Waals surface area contributed by atoms with Gasteiger partial charge in [0.25, 0.3) is 0 Å². The minimum Gasteiger partial charge on any atom is -0.458 e. The summed E-state index contributed by atoms with van der Waals surface area (Å²) in [5, 5.41) is -5.98. The Morgan fingerprint density at radius 1 is 0.786 bits per heavy atom. The zero-order chi connectivity index (χ0) is 30.1. The molecule has 0 aromatic heterocycles. The second-order valence-electron chi connectivity index (χ2n) is 12.9. The van der Waals surface area contributed by atoms with Crippen molar-refractivity contribution in [1.82, 2.24) is 0 Å². The van der Waals surface area contributed by atoms with Crippen LogP contribution in [0.15, 0.2) is 0 Å². The highest BCUT2D eigenvalue weighted by Gasteiger charge is 2.72. The lowest BCUT2D eigenvalue weighted by Gasteiger charge is -2.41. The standard InChI is InChI=1S/C26H28F4O11S/c27-25(28,26(29,30)42(35,36)37)16-7-8(21(31)38-17-9-3-12-14(5-9)23(33)40-19(12)17)1-2-11(16)22(32)39-18-10-4-13-15(6-10)24(34)41-20(13)18/h8-20H,1-7H2,(H,35,36,37). The average molecular weight is 625 g/mol. The molecule has 2 saturated heterocycles. The molecule has 16 heteroatoms. The van der Waals surface area contributed by atoms with Gasteiger partial charge in [-0.25, -0.2) is 0 Å². The van der Waals surface area contributed by atoms with Gasteiger partial charge in [-0.2, -0.15) is 26.0 Å². The minimum atomic E-state index is -6.63. The topological polar surface area (TPSA) is 160 Å². The lowest BCUT2D eigenvalue weighted by atomic mass is 9.71. The smallest absolute Gasteiger partial charge is 0.431 e. The predicted octanol–water partition coefficient (Wildman–Crippen LogP) is 2.12. The van der Waals surface area contributed by atoms with Gasteiger partial charge in [0.15, 0.2) is 0 Å². The zero-order valence-corrected chi connectivity index (χ0v) is 22.7. The number of alkyl halides is 4. The summed E-state index contributed by atoms with van der Waals surface area (Å²) in [5.74, 6) is -16.1. The van der Waals surface area contributed by atoms with Crippen LogP contribution in [0.3, 0.4) is 0 Å². The first-order chi connectivity index (χ1) is 19.6. The first-order valence-corrected chi connectivity index (χ1v) is 15.6. The monoisotopic (exact) mass is 624 g/mol. The van der Waals surface area contributed by atoms with E-state index in [2.05, 4.69) is 0 Å². The Bertz CT molecular complexity index is 1350. The quantitative estimate of drug-likeness (QED) is 0.191. The second-order valence-corrected chi connectivity index (χ2v) is 14.4. The van der Waals surface area contributed by atoms with Crippen molar-refractivity contribution in [3.8, 4) is 0 Å². The Morgan fingerprint density at radius 3 is 1.79 bits per heavy atom. The van der Waals surface area contributed by atoms with Gasteiger partial charge >= 0.3 is 45.2 Å². The van der Waals surface area contributed by atoms with Crippen LogP contribution in [0.1, 0.15) is 44.9 Å². The minimum absolute atomic E-state index is 0.128. The summed E-state index contributed by atoms with van der Waals surface area (Å²) in [4.78, 5) is 50.5. The molecule has 1 N–H and O–H groups in total. The van der Waals surface area contributed by atoms with E-state index >= 15 is 8.78 Å². The molecule has 0 aromatic rings. The van der Waals surface area contributed by atoms with Crippen molar-refractivity contribution in [2.24, 2.45) is 53.3 Å². The van der Waals surface area contributed by atoms with Crippen LogP contribution in [0, 0.1) is 53.3 Å². The van der Waals surface area contributed by atoms with Crippen molar-refractivity contribution in [2.75, 3.05) is 0 Å². The summed E-state index contributed by atoms with van der Waals surface area (Å²) >= 11 is 0. The van der Waals surface area contributed by atoms with Gasteiger partial charge in [0, 0.05) is 29.6 Å². The number of carbonyl (C=O) groups is 4. The van der Waals surface area contributed by atoms with Gasteiger partial charge < -0.3 is 18.9 Å². The summed E-state index contributed by atoms with van der Waals surface area (Å²) in [5.41, 5.74) is 0. The molecule has 5 saturated carbocycles. The van der Waals surface area contributed by atoms with Crippen molar-refractivity contribution in [1.29, 1.82) is 0 Å². The summed E-state index contributed by atoms with van der Waals surface area (Å²) in [6.07, 6.45) is -3.14. The Kier molecular flexibility index (Phi) is 6.07. The third-order valence-electron chi connectivity index (χ3n) is 11.0. The van der Waals surface area contributed by atoms with Crippen molar-refractivity contribution >= 4 is 34.0 Å². The molecule has 7 rings (SSSR count). The SMILES string of the molecule is O=C(OC1C2CC3C(=O)OC1C3C2)C1CCC(C(=O)OC2C3CC4C(=O)OC2C4C3)C(C(F)(F)C(F)(F)S(=O)(=O)O)C1. The van der Waals surface area contributed by atoms with Crippen LogP contribution in [0.2, 0.25) is 0 Å². The molecule has 2 aliphatic heterocycles. The fraction of sp³-hybridized carbons (Fsp3) is 0.846. The van der Waals surface area contributed by atoms with Gasteiger partial charge in [0.1, 0.15) is 24.4 Å². The maximum Gasteiger partial charge on any atom is 0.431 e. The Hall–Kier alpha value is -2.49. The molecule has 11 nitrogen and oxygen atoms in total. The normalized spacial score (nSPS) is 45.2. The van der Waals surface area contributed by atoms with Crippen molar-refractivity contribution in [3.05, 3.63) is 0 Å². The Labute approximate surface area is 236 Å². The highest BCUT2D eigenvalue weighted by Crippen LogP contribution is 2.58. The largest absolute Gasteiger partial charge is 0.458 e. The number of rotatable bonds is 7. The van der Waals surface area contributed by atoms with Crippen molar-refractivity contribution in [2.45, 2.75) is 80.5 Å². The summed E-state index contributed by atoms with van der Waals surface area (Å²) in [7, 11) is -6.63. The van der Waals surface area contributed by atoms with Gasteiger partial charge in [0.2, 0.25) is 0 Å². The molecule has 0 aromatic carbocycles. The molecular weight excluding hydrogens is 596 g/mol. The van der Waals surface area contributed by atoms with E-state index in [9.17, 15) is 36.4 Å². The third-order valence-corrected chi connectivity index (χ3v) is 11.9. The van der Waals surface area contributed by atoms with Crippen LogP contribution in [0.4, 0.5) is 17.6 Å². The van der Waals surface area contributed by atoms with Gasteiger partial charge in [-0.3, -0.25) is 23.7 Å². The summed E-state index contributed by atoms with van der Waals surface area (Å²) in [6.45, 7) is 0. The number of ether oxygens (including phenoxy) is 4. The van der Waals surface area contributed by atoms with Gasteiger partial charge in [0.05, 0.1) is 23.7 Å². The van der Waals surface area contributed by atoms with Crippen LogP contribution >= 0.6 is 0 Å². The third kappa shape index (κ3) is 3.81. The molecule has 7 fully saturated rings. The number of fused-ring (bicyclic) bond motifs is 2. The fourth-order valence-corrected chi connectivity index (χ4v) is 9.53. The molecule has 13 unspecified atom stereocenters. The first kappa shape index (κ1) is 28.3. The van der Waals surface area contributed by atoms with E-state index < -0.39 is 100 Å². The summed E-state index contributed by atoms with van der Waals surface area (Å²) in [6, 6.07) is 0. The lowest BCUT2D eigenvalue weighted by Crippen LogP contribution is -2.56. The number of hydrogen-bond donors (Lipinski definition) is 1. The molecule has 7 aliphatic rings. The van der Waals surface area contributed by atoms with Crippen LogP contribution in [0.25, 0.3) is 0 Å². The molecule has 0 amide bonds. The predicted molar refractivity (Wildman–Crippen MR) is 125 cm³/mol. The van der Waals surface area contributed by atoms with Gasteiger partial charge in [-0.15, -0.1) is 0 Å². The van der Waals surface area contributed by atoms with Crippen LogP contribution in [-0.4, -0.2) is 72.4 Å². The zero-order valence-electron chi connectivity index (χ0n) is 21.9. The van der Waals surface area contributed by atoms with E-state index in [0.717, 1.165) is 0 Å². The van der Waals surface area contributed by atoms with E-state index in [-0.39, 0.29) is 41.9 Å². The molecule has 4 bridgehead atoms. The van der Waals surface area contributed by atoms with E-state index in [1.807, 2.05) is 0 Å². The molecule has 0 spiro atoms. The van der Waals surface area contributed by atoms with Crippen LogP contribution < -0.4 is 0 Å². The number of halogens is 4. The number of esters is 4. The molecule has 5 aliphatic carbocycles. The van der Waals surface area contributed by atoms with Crippen LogP contribution in [0.5, 0.6) is 0 Å². The molecule has 42 heavy (non-hydrogen) atoms. The maximum absolute atomic E-state index is 15.4. The first-order valence-electron chi connectivity index (χ1n) is 14.1. The Balaban J connectivity index is 1.11. The van der Waals surface area contributed by atoms with E-state index in [4.69, 9.17) is 23.5 Å².